The molecule has 2 N–H and O–H groups in total. The van der Waals surface area contributed by atoms with Gasteiger partial charge >= 0.3 is 0 Å². The predicted octanol–water partition coefficient (Wildman–Crippen LogP) is 1.45. The lowest BCUT2D eigenvalue weighted by Crippen LogP contribution is -2.97. The van der Waals surface area contributed by atoms with Crippen LogP contribution in [0.1, 0.15) is 51.4 Å². The van der Waals surface area contributed by atoms with Gasteiger partial charge in [-0.1, -0.05) is 6.42 Å². The summed E-state index contributed by atoms with van der Waals surface area (Å²) in [7, 11) is 1.88. The van der Waals surface area contributed by atoms with Gasteiger partial charge in [0.2, 0.25) is 0 Å². The Kier molecular flexibility index (Phi) is 3.82. The third-order valence-corrected chi connectivity index (χ3v) is 3.98. The SMILES string of the molecule is CO[C@@H]1CCCC[C@H]1[NH2+]C1CCCC1. The summed E-state index contributed by atoms with van der Waals surface area (Å²) in [5.74, 6) is 0. The molecule has 0 amide bonds. The third-order valence-electron chi connectivity index (χ3n) is 3.98. The molecule has 2 rings (SSSR count). The number of hydrogen-bond donors (Lipinski definition) is 1. The van der Waals surface area contributed by atoms with E-state index in [-0.39, 0.29) is 0 Å². The zero-order valence-corrected chi connectivity index (χ0v) is 9.37. The van der Waals surface area contributed by atoms with Crippen LogP contribution in [0.25, 0.3) is 0 Å². The summed E-state index contributed by atoms with van der Waals surface area (Å²) in [6, 6.07) is 1.67. The average molecular weight is 198 g/mol. The van der Waals surface area contributed by atoms with Crippen molar-refractivity contribution in [1.82, 2.24) is 0 Å². The second kappa shape index (κ2) is 5.13. The van der Waals surface area contributed by atoms with Gasteiger partial charge in [0, 0.05) is 13.5 Å². The van der Waals surface area contributed by atoms with E-state index in [9.17, 15) is 0 Å². The zero-order chi connectivity index (χ0) is 9.80. The van der Waals surface area contributed by atoms with Crippen LogP contribution in [0.2, 0.25) is 0 Å². The van der Waals surface area contributed by atoms with E-state index in [0.717, 1.165) is 12.1 Å². The van der Waals surface area contributed by atoms with Gasteiger partial charge in [0.05, 0.1) is 6.04 Å². The fourth-order valence-electron chi connectivity index (χ4n) is 3.14. The number of quaternary nitrogens is 1. The third kappa shape index (κ3) is 2.48. The minimum Gasteiger partial charge on any atom is -0.375 e. The van der Waals surface area contributed by atoms with Crippen molar-refractivity contribution >= 4 is 0 Å². The monoisotopic (exact) mass is 198 g/mol. The molecule has 0 aromatic heterocycles. The lowest BCUT2D eigenvalue weighted by atomic mass is 9.91. The van der Waals surface area contributed by atoms with Crippen LogP contribution in [-0.4, -0.2) is 25.3 Å². The van der Waals surface area contributed by atoms with Gasteiger partial charge in [-0.15, -0.1) is 0 Å². The summed E-state index contributed by atoms with van der Waals surface area (Å²) in [6.07, 6.45) is 11.7. The second-order valence-corrected chi connectivity index (χ2v) is 4.96. The summed E-state index contributed by atoms with van der Waals surface area (Å²) < 4.78 is 5.58. The molecule has 2 heteroatoms. The quantitative estimate of drug-likeness (QED) is 0.730. The van der Waals surface area contributed by atoms with E-state index in [1.54, 1.807) is 0 Å². The molecular weight excluding hydrogens is 174 g/mol. The number of nitrogens with two attached hydrogens (primary N) is 1. The fourth-order valence-corrected chi connectivity index (χ4v) is 3.14. The van der Waals surface area contributed by atoms with Crippen molar-refractivity contribution in [3.8, 4) is 0 Å². The van der Waals surface area contributed by atoms with Gasteiger partial charge in [0.15, 0.2) is 0 Å². The lowest BCUT2D eigenvalue weighted by Gasteiger charge is -2.30. The van der Waals surface area contributed by atoms with Crippen molar-refractivity contribution in [3.05, 3.63) is 0 Å². The predicted molar refractivity (Wildman–Crippen MR) is 57.2 cm³/mol. The number of rotatable bonds is 3. The van der Waals surface area contributed by atoms with E-state index in [4.69, 9.17) is 4.74 Å². The Bertz CT molecular complexity index is 166. The van der Waals surface area contributed by atoms with E-state index >= 15 is 0 Å². The maximum atomic E-state index is 5.58. The zero-order valence-electron chi connectivity index (χ0n) is 9.37. The van der Waals surface area contributed by atoms with Crippen molar-refractivity contribution in [1.29, 1.82) is 0 Å². The van der Waals surface area contributed by atoms with Gasteiger partial charge in [0.25, 0.3) is 0 Å². The van der Waals surface area contributed by atoms with Crippen molar-refractivity contribution in [3.63, 3.8) is 0 Å². The summed E-state index contributed by atoms with van der Waals surface area (Å²) in [5, 5.41) is 2.63. The molecule has 82 valence electrons. The highest BCUT2D eigenvalue weighted by atomic mass is 16.5. The van der Waals surface area contributed by atoms with E-state index in [1.165, 1.54) is 51.4 Å². The first-order valence-corrected chi connectivity index (χ1v) is 6.28. The van der Waals surface area contributed by atoms with Crippen LogP contribution in [0.15, 0.2) is 0 Å². The fraction of sp³-hybridized carbons (Fsp3) is 1.00. The van der Waals surface area contributed by atoms with E-state index in [0.29, 0.717) is 6.10 Å². The molecule has 2 fully saturated rings. The first-order chi connectivity index (χ1) is 6.90. The molecule has 0 aromatic rings. The van der Waals surface area contributed by atoms with Crippen molar-refractivity contribution in [2.45, 2.75) is 69.6 Å². The first kappa shape index (κ1) is 10.4. The highest BCUT2D eigenvalue weighted by Gasteiger charge is 2.31. The number of hydrogen-bond acceptors (Lipinski definition) is 1. The topological polar surface area (TPSA) is 25.8 Å². The number of ether oxygens (including phenoxy) is 1. The van der Waals surface area contributed by atoms with Gasteiger partial charge in [-0.2, -0.15) is 0 Å². The van der Waals surface area contributed by atoms with E-state index in [2.05, 4.69) is 5.32 Å². The molecule has 2 aliphatic rings. The Morgan fingerprint density at radius 1 is 0.929 bits per heavy atom. The van der Waals surface area contributed by atoms with Crippen LogP contribution in [0.3, 0.4) is 0 Å². The molecule has 0 heterocycles. The molecule has 0 aliphatic heterocycles. The van der Waals surface area contributed by atoms with Crippen LogP contribution in [-0.2, 0) is 4.74 Å². The largest absolute Gasteiger partial charge is 0.375 e. The standard InChI is InChI=1S/C12H23NO/c1-14-12-9-5-4-8-11(12)13-10-6-2-3-7-10/h10-13H,2-9H2,1H3/p+1/t11-,12-/m1/s1. The van der Waals surface area contributed by atoms with E-state index < -0.39 is 0 Å². The van der Waals surface area contributed by atoms with Gasteiger partial charge in [0.1, 0.15) is 12.1 Å². The Morgan fingerprint density at radius 3 is 2.29 bits per heavy atom. The minimum atomic E-state index is 0.532. The molecule has 2 aliphatic carbocycles. The van der Waals surface area contributed by atoms with Crippen molar-refractivity contribution in [2.24, 2.45) is 0 Å². The molecule has 0 bridgehead atoms. The Labute approximate surface area is 87.4 Å². The molecule has 0 unspecified atom stereocenters. The van der Waals surface area contributed by atoms with Crippen molar-refractivity contribution < 1.29 is 10.1 Å². The summed E-state index contributed by atoms with van der Waals surface area (Å²) >= 11 is 0. The molecule has 2 saturated carbocycles. The minimum absolute atomic E-state index is 0.532. The second-order valence-electron chi connectivity index (χ2n) is 4.96. The molecular formula is C12H24NO+. The summed E-state index contributed by atoms with van der Waals surface area (Å²) in [4.78, 5) is 0. The van der Waals surface area contributed by atoms with Gasteiger partial charge in [-0.3, -0.25) is 0 Å². The van der Waals surface area contributed by atoms with Crippen molar-refractivity contribution in [2.75, 3.05) is 7.11 Å². The van der Waals surface area contributed by atoms with Crippen LogP contribution < -0.4 is 5.32 Å². The Morgan fingerprint density at radius 2 is 1.57 bits per heavy atom. The van der Waals surface area contributed by atoms with E-state index in [1.807, 2.05) is 7.11 Å². The van der Waals surface area contributed by atoms with Gasteiger partial charge in [-0.05, 0) is 38.5 Å². The van der Waals surface area contributed by atoms with Crippen LogP contribution in [0, 0.1) is 0 Å². The van der Waals surface area contributed by atoms with Crippen LogP contribution in [0.5, 0.6) is 0 Å². The molecule has 0 aromatic carbocycles. The summed E-state index contributed by atoms with van der Waals surface area (Å²) in [6.45, 7) is 0. The molecule has 0 radical (unpaired) electrons. The molecule has 0 spiro atoms. The van der Waals surface area contributed by atoms with Crippen LogP contribution in [0.4, 0.5) is 0 Å². The lowest BCUT2D eigenvalue weighted by molar-refractivity contribution is -0.728. The molecule has 0 saturated heterocycles. The normalized spacial score (nSPS) is 34.9. The smallest absolute Gasteiger partial charge is 0.113 e. The maximum absolute atomic E-state index is 5.58. The number of methoxy groups -OCH3 is 1. The Hall–Kier alpha value is -0.0800. The Balaban J connectivity index is 1.81. The first-order valence-electron chi connectivity index (χ1n) is 6.28. The highest BCUT2D eigenvalue weighted by Crippen LogP contribution is 2.20. The van der Waals surface area contributed by atoms with Gasteiger partial charge in [-0.25, -0.2) is 0 Å². The van der Waals surface area contributed by atoms with Crippen LogP contribution >= 0.6 is 0 Å². The molecule has 2 nitrogen and oxygen atoms in total. The molecule has 2 atom stereocenters. The highest BCUT2D eigenvalue weighted by molar-refractivity contribution is 4.75. The molecule has 14 heavy (non-hydrogen) atoms. The van der Waals surface area contributed by atoms with Gasteiger partial charge < -0.3 is 10.1 Å². The maximum Gasteiger partial charge on any atom is 0.113 e. The summed E-state index contributed by atoms with van der Waals surface area (Å²) in [5.41, 5.74) is 0. The average Bonchev–Trinajstić information content (AvgIpc) is 2.71.